The molecular weight excluding hydrogens is 382 g/mol. The van der Waals surface area contributed by atoms with Crippen molar-refractivity contribution < 1.29 is 19.0 Å². The van der Waals surface area contributed by atoms with Crippen LogP contribution in [0.15, 0.2) is 42.7 Å². The zero-order chi connectivity index (χ0) is 20.9. The quantitative estimate of drug-likeness (QED) is 0.753. The van der Waals surface area contributed by atoms with Crippen LogP contribution in [0.1, 0.15) is 22.3 Å². The number of carbonyl (C=O) groups excluding carboxylic acids is 1. The largest absolute Gasteiger partial charge is 0.497 e. The van der Waals surface area contributed by atoms with Crippen LogP contribution in [0.25, 0.3) is 0 Å². The van der Waals surface area contributed by atoms with E-state index in [0.717, 1.165) is 39.3 Å². The maximum atomic E-state index is 13.4. The third-order valence-electron chi connectivity index (χ3n) is 6.11. The van der Waals surface area contributed by atoms with Crippen molar-refractivity contribution in [2.24, 2.45) is 5.92 Å². The predicted octanol–water partition coefficient (Wildman–Crippen LogP) is 2.46. The summed E-state index contributed by atoms with van der Waals surface area (Å²) in [6, 6.07) is 9.72. The molecule has 1 aromatic heterocycles. The smallest absolute Gasteiger partial charge is 0.257 e. The second-order valence-electron chi connectivity index (χ2n) is 7.83. The number of amides is 1. The van der Waals surface area contributed by atoms with Gasteiger partial charge in [0.05, 0.1) is 33.0 Å². The Labute approximate surface area is 177 Å². The SMILES string of the molecule is COc1ccc(C(=O)N2CC[C@@H]3COCCN(Cc4ccncc4)[C@@H]3C2)c(OC)c1. The van der Waals surface area contributed by atoms with Crippen LogP contribution < -0.4 is 9.47 Å². The summed E-state index contributed by atoms with van der Waals surface area (Å²) in [5, 5.41) is 0. The van der Waals surface area contributed by atoms with Gasteiger partial charge in [-0.2, -0.15) is 0 Å². The van der Waals surface area contributed by atoms with Crippen LogP contribution in [-0.4, -0.2) is 73.8 Å². The lowest BCUT2D eigenvalue weighted by Gasteiger charge is -2.42. The van der Waals surface area contributed by atoms with Gasteiger partial charge in [-0.3, -0.25) is 14.7 Å². The second kappa shape index (κ2) is 9.45. The van der Waals surface area contributed by atoms with Crippen LogP contribution in [0.2, 0.25) is 0 Å². The maximum Gasteiger partial charge on any atom is 0.257 e. The van der Waals surface area contributed by atoms with Gasteiger partial charge in [-0.05, 0) is 36.2 Å². The second-order valence-corrected chi connectivity index (χ2v) is 7.83. The standard InChI is InChI=1S/C23H29N3O4/c1-28-19-3-4-20(22(13-19)29-2)23(27)26-10-7-18-16-30-12-11-25(21(18)15-26)14-17-5-8-24-9-6-17/h3-6,8-9,13,18,21H,7,10-12,14-16H2,1-2H3/t18-,21-/m1/s1. The summed E-state index contributed by atoms with van der Waals surface area (Å²) in [6.45, 7) is 4.58. The van der Waals surface area contributed by atoms with Crippen molar-refractivity contribution in [1.29, 1.82) is 0 Å². The summed E-state index contributed by atoms with van der Waals surface area (Å²) in [5.74, 6) is 1.64. The number of nitrogens with zero attached hydrogens (tertiary/aromatic N) is 3. The minimum atomic E-state index is 0.00183. The van der Waals surface area contributed by atoms with E-state index in [1.807, 2.05) is 17.3 Å². The van der Waals surface area contributed by atoms with Gasteiger partial charge in [0.15, 0.2) is 0 Å². The highest BCUT2D eigenvalue weighted by molar-refractivity contribution is 5.97. The zero-order valence-corrected chi connectivity index (χ0v) is 17.6. The summed E-state index contributed by atoms with van der Waals surface area (Å²) in [4.78, 5) is 21.9. The molecule has 2 aromatic rings. The summed E-state index contributed by atoms with van der Waals surface area (Å²) in [5.41, 5.74) is 1.80. The van der Waals surface area contributed by atoms with E-state index >= 15 is 0 Å². The van der Waals surface area contributed by atoms with E-state index in [1.54, 1.807) is 32.4 Å². The van der Waals surface area contributed by atoms with Crippen molar-refractivity contribution >= 4 is 5.91 Å². The zero-order valence-electron chi connectivity index (χ0n) is 17.6. The first-order chi connectivity index (χ1) is 14.7. The first-order valence-corrected chi connectivity index (χ1v) is 10.4. The third kappa shape index (κ3) is 4.42. The Kier molecular flexibility index (Phi) is 6.50. The predicted molar refractivity (Wildman–Crippen MR) is 113 cm³/mol. The average molecular weight is 412 g/mol. The van der Waals surface area contributed by atoms with Crippen molar-refractivity contribution in [3.8, 4) is 11.5 Å². The van der Waals surface area contributed by atoms with Gasteiger partial charge in [0.1, 0.15) is 11.5 Å². The monoisotopic (exact) mass is 411 g/mol. The number of pyridine rings is 1. The molecule has 0 spiro atoms. The third-order valence-corrected chi connectivity index (χ3v) is 6.11. The summed E-state index contributed by atoms with van der Waals surface area (Å²) in [6.07, 6.45) is 4.59. The van der Waals surface area contributed by atoms with E-state index < -0.39 is 0 Å². The van der Waals surface area contributed by atoms with Gasteiger partial charge >= 0.3 is 0 Å². The van der Waals surface area contributed by atoms with E-state index in [2.05, 4.69) is 22.0 Å². The van der Waals surface area contributed by atoms with Crippen molar-refractivity contribution in [3.05, 3.63) is 53.9 Å². The number of fused-ring (bicyclic) bond motifs is 1. The highest BCUT2D eigenvalue weighted by atomic mass is 16.5. The highest BCUT2D eigenvalue weighted by Crippen LogP contribution is 2.30. The highest BCUT2D eigenvalue weighted by Gasteiger charge is 2.37. The van der Waals surface area contributed by atoms with Crippen LogP contribution >= 0.6 is 0 Å². The Bertz CT molecular complexity index is 861. The number of carbonyl (C=O) groups is 1. The molecular formula is C23H29N3O4. The van der Waals surface area contributed by atoms with Gasteiger partial charge in [0.25, 0.3) is 5.91 Å². The Morgan fingerprint density at radius 2 is 2.00 bits per heavy atom. The van der Waals surface area contributed by atoms with E-state index in [1.165, 1.54) is 5.56 Å². The first kappa shape index (κ1) is 20.6. The molecule has 0 saturated carbocycles. The van der Waals surface area contributed by atoms with E-state index in [-0.39, 0.29) is 11.9 Å². The molecule has 7 nitrogen and oxygen atoms in total. The molecule has 0 bridgehead atoms. The first-order valence-electron chi connectivity index (χ1n) is 10.4. The molecule has 0 N–H and O–H groups in total. The summed E-state index contributed by atoms with van der Waals surface area (Å²) >= 11 is 0. The van der Waals surface area contributed by atoms with E-state index in [4.69, 9.17) is 14.2 Å². The molecule has 4 rings (SSSR count). The molecule has 0 aliphatic carbocycles. The fourth-order valence-electron chi connectivity index (χ4n) is 4.42. The number of aromatic nitrogens is 1. The van der Waals surface area contributed by atoms with Gasteiger partial charge in [-0.1, -0.05) is 0 Å². The maximum absolute atomic E-state index is 13.4. The topological polar surface area (TPSA) is 64.1 Å². The Morgan fingerprint density at radius 1 is 1.17 bits per heavy atom. The van der Waals surface area contributed by atoms with Crippen LogP contribution in [0.5, 0.6) is 11.5 Å². The molecule has 2 aliphatic rings. The molecule has 2 saturated heterocycles. The van der Waals surface area contributed by atoms with Gasteiger partial charge in [-0.15, -0.1) is 0 Å². The van der Waals surface area contributed by atoms with E-state index in [0.29, 0.717) is 29.5 Å². The number of benzene rings is 1. The lowest BCUT2D eigenvalue weighted by Crippen LogP contribution is -2.54. The molecule has 0 radical (unpaired) electrons. The number of ether oxygens (including phenoxy) is 3. The minimum absolute atomic E-state index is 0.00183. The molecule has 0 unspecified atom stereocenters. The van der Waals surface area contributed by atoms with Crippen LogP contribution in [0.3, 0.4) is 0 Å². The Morgan fingerprint density at radius 3 is 2.77 bits per heavy atom. The normalized spacial score (nSPS) is 22.1. The van der Waals surface area contributed by atoms with Crippen molar-refractivity contribution in [1.82, 2.24) is 14.8 Å². The molecule has 160 valence electrons. The Hall–Kier alpha value is -2.64. The fraction of sp³-hybridized carbons (Fsp3) is 0.478. The number of methoxy groups -OCH3 is 2. The lowest BCUT2D eigenvalue weighted by molar-refractivity contribution is 0.0369. The number of rotatable bonds is 5. The lowest BCUT2D eigenvalue weighted by atomic mass is 9.90. The van der Waals surface area contributed by atoms with Crippen LogP contribution in [0.4, 0.5) is 0 Å². The molecule has 3 heterocycles. The van der Waals surface area contributed by atoms with Crippen molar-refractivity contribution in [3.63, 3.8) is 0 Å². The summed E-state index contributed by atoms with van der Waals surface area (Å²) in [7, 11) is 3.18. The molecule has 2 atom stereocenters. The average Bonchev–Trinajstić information content (AvgIpc) is 3.00. The van der Waals surface area contributed by atoms with Crippen LogP contribution in [-0.2, 0) is 11.3 Å². The molecule has 2 fully saturated rings. The molecule has 1 amide bonds. The Balaban J connectivity index is 1.53. The van der Waals surface area contributed by atoms with Gasteiger partial charge in [0.2, 0.25) is 0 Å². The molecule has 30 heavy (non-hydrogen) atoms. The number of piperidine rings is 1. The van der Waals surface area contributed by atoms with Crippen molar-refractivity contribution in [2.45, 2.75) is 19.0 Å². The summed E-state index contributed by atoms with van der Waals surface area (Å²) < 4.78 is 16.6. The molecule has 1 aromatic carbocycles. The number of hydrogen-bond donors (Lipinski definition) is 0. The molecule has 7 heteroatoms. The molecule has 2 aliphatic heterocycles. The number of hydrogen-bond acceptors (Lipinski definition) is 6. The van der Waals surface area contributed by atoms with Gasteiger partial charge in [0, 0.05) is 56.6 Å². The minimum Gasteiger partial charge on any atom is -0.497 e. The van der Waals surface area contributed by atoms with E-state index in [9.17, 15) is 4.79 Å². The van der Waals surface area contributed by atoms with Gasteiger partial charge < -0.3 is 19.1 Å². The van der Waals surface area contributed by atoms with Gasteiger partial charge in [-0.25, -0.2) is 0 Å². The number of likely N-dealkylation sites (tertiary alicyclic amines) is 1. The van der Waals surface area contributed by atoms with Crippen molar-refractivity contribution in [2.75, 3.05) is 47.1 Å². The van der Waals surface area contributed by atoms with Crippen LogP contribution in [0, 0.1) is 5.92 Å². The fourth-order valence-corrected chi connectivity index (χ4v) is 4.42.